The summed E-state index contributed by atoms with van der Waals surface area (Å²) in [6.45, 7) is 3.68. The van der Waals surface area contributed by atoms with Gasteiger partial charge in [0.25, 0.3) is 5.91 Å². The molecule has 5 nitrogen and oxygen atoms in total. The fraction of sp³-hybridized carbons (Fsp3) is 0.360. The van der Waals surface area contributed by atoms with E-state index in [1.165, 1.54) is 12.1 Å². The summed E-state index contributed by atoms with van der Waals surface area (Å²) in [6.07, 6.45) is -2.86. The highest BCUT2D eigenvalue weighted by Gasteiger charge is 2.30. The number of nitrogens with one attached hydrogen (secondary N) is 1. The number of benzene rings is 2. The van der Waals surface area contributed by atoms with E-state index in [1.54, 1.807) is 13.2 Å². The second-order valence-corrected chi connectivity index (χ2v) is 8.40. The Bertz CT molecular complexity index is 1160. The Hall–Kier alpha value is -3.13. The molecule has 4 rings (SSSR count). The SMILES string of the molecule is COc1ccc2cc(C(=O)NC3CCN(Cc4cccc(C(F)(F)F)c4)CC3)c(C)nc2c1. The lowest BCUT2D eigenvalue weighted by Gasteiger charge is -2.32. The molecule has 1 aliphatic rings. The number of rotatable bonds is 5. The molecule has 3 aromatic rings. The Balaban J connectivity index is 1.35. The Morgan fingerprint density at radius 3 is 2.61 bits per heavy atom. The number of nitrogens with zero attached hydrogens (tertiary/aromatic N) is 2. The minimum atomic E-state index is -4.34. The van der Waals surface area contributed by atoms with Gasteiger partial charge in [-0.1, -0.05) is 18.2 Å². The van der Waals surface area contributed by atoms with E-state index < -0.39 is 11.7 Å². The minimum absolute atomic E-state index is 0.0150. The average Bonchev–Trinajstić information content (AvgIpc) is 2.79. The number of carbonyl (C=O) groups excluding carboxylic acids is 1. The third kappa shape index (κ3) is 5.45. The predicted molar refractivity (Wildman–Crippen MR) is 120 cm³/mol. The molecule has 0 bridgehead atoms. The molecule has 33 heavy (non-hydrogen) atoms. The number of piperidine rings is 1. The number of likely N-dealkylation sites (tertiary alicyclic amines) is 1. The van der Waals surface area contributed by atoms with Crippen molar-refractivity contribution in [1.82, 2.24) is 15.2 Å². The molecule has 1 saturated heterocycles. The maximum atomic E-state index is 12.9. The van der Waals surface area contributed by atoms with Crippen molar-refractivity contribution in [3.8, 4) is 5.75 Å². The number of amides is 1. The van der Waals surface area contributed by atoms with Gasteiger partial charge in [-0.25, -0.2) is 0 Å². The Kier molecular flexibility index (Phi) is 6.56. The lowest BCUT2D eigenvalue weighted by Crippen LogP contribution is -2.44. The molecular formula is C25H26F3N3O2. The molecule has 8 heteroatoms. The Morgan fingerprint density at radius 2 is 1.91 bits per heavy atom. The third-order valence-electron chi connectivity index (χ3n) is 6.04. The van der Waals surface area contributed by atoms with Crippen LogP contribution in [0.3, 0.4) is 0 Å². The number of ether oxygens (including phenoxy) is 1. The first-order valence-corrected chi connectivity index (χ1v) is 10.9. The summed E-state index contributed by atoms with van der Waals surface area (Å²) in [5.74, 6) is 0.553. The normalized spacial score (nSPS) is 15.5. The van der Waals surface area contributed by atoms with Gasteiger partial charge in [-0.2, -0.15) is 13.2 Å². The van der Waals surface area contributed by atoms with Gasteiger partial charge in [0, 0.05) is 37.1 Å². The number of carbonyl (C=O) groups is 1. The average molecular weight is 457 g/mol. The topological polar surface area (TPSA) is 54.5 Å². The van der Waals surface area contributed by atoms with Crippen molar-refractivity contribution in [3.63, 3.8) is 0 Å². The molecule has 1 amide bonds. The number of pyridine rings is 1. The van der Waals surface area contributed by atoms with Crippen molar-refractivity contribution in [2.75, 3.05) is 20.2 Å². The number of alkyl halides is 3. The zero-order valence-corrected chi connectivity index (χ0v) is 18.6. The van der Waals surface area contributed by atoms with E-state index in [4.69, 9.17) is 4.74 Å². The zero-order chi connectivity index (χ0) is 23.6. The number of fused-ring (bicyclic) bond motifs is 1. The molecule has 1 fully saturated rings. The lowest BCUT2D eigenvalue weighted by atomic mass is 10.0. The summed E-state index contributed by atoms with van der Waals surface area (Å²) < 4.78 is 44.1. The van der Waals surface area contributed by atoms with Crippen LogP contribution in [0.25, 0.3) is 10.9 Å². The van der Waals surface area contributed by atoms with E-state index in [0.717, 1.165) is 29.8 Å². The van der Waals surface area contributed by atoms with E-state index in [1.807, 2.05) is 31.2 Å². The van der Waals surface area contributed by atoms with Crippen LogP contribution in [0.2, 0.25) is 0 Å². The molecule has 2 heterocycles. The fourth-order valence-electron chi connectivity index (χ4n) is 4.20. The van der Waals surface area contributed by atoms with Gasteiger partial charge in [-0.15, -0.1) is 0 Å². The summed E-state index contributed by atoms with van der Waals surface area (Å²) in [5, 5.41) is 3.96. The molecule has 0 saturated carbocycles. The number of hydrogen-bond donors (Lipinski definition) is 1. The van der Waals surface area contributed by atoms with Crippen LogP contribution in [-0.2, 0) is 12.7 Å². The van der Waals surface area contributed by atoms with Crippen molar-refractivity contribution >= 4 is 16.8 Å². The van der Waals surface area contributed by atoms with Crippen LogP contribution < -0.4 is 10.1 Å². The van der Waals surface area contributed by atoms with E-state index >= 15 is 0 Å². The van der Waals surface area contributed by atoms with E-state index in [-0.39, 0.29) is 11.9 Å². The molecule has 1 aliphatic heterocycles. The second-order valence-electron chi connectivity index (χ2n) is 8.40. The van der Waals surface area contributed by atoms with Crippen molar-refractivity contribution < 1.29 is 22.7 Å². The van der Waals surface area contributed by atoms with E-state index in [0.29, 0.717) is 42.2 Å². The summed E-state index contributed by atoms with van der Waals surface area (Å²) in [5.41, 5.74) is 1.97. The summed E-state index contributed by atoms with van der Waals surface area (Å²) >= 11 is 0. The Labute approximate surface area is 190 Å². The quantitative estimate of drug-likeness (QED) is 0.588. The predicted octanol–water partition coefficient (Wildman–Crippen LogP) is 4.97. The number of aromatic nitrogens is 1. The largest absolute Gasteiger partial charge is 0.497 e. The maximum absolute atomic E-state index is 12.9. The van der Waals surface area contributed by atoms with Crippen LogP contribution in [0.1, 0.15) is 40.0 Å². The first-order valence-electron chi connectivity index (χ1n) is 10.9. The van der Waals surface area contributed by atoms with Gasteiger partial charge in [0.1, 0.15) is 5.75 Å². The van der Waals surface area contributed by atoms with Gasteiger partial charge in [0.15, 0.2) is 0 Å². The standard InChI is InChI=1S/C25H26F3N3O2/c1-16-22(13-18-6-7-21(33-2)14-23(18)29-16)24(32)30-20-8-10-31(11-9-20)15-17-4-3-5-19(12-17)25(26,27)28/h3-7,12-14,20H,8-11,15H2,1-2H3,(H,30,32). The molecule has 0 radical (unpaired) electrons. The van der Waals surface area contributed by atoms with Crippen molar-refractivity contribution in [1.29, 1.82) is 0 Å². The van der Waals surface area contributed by atoms with Crippen molar-refractivity contribution in [2.45, 2.75) is 38.5 Å². The van der Waals surface area contributed by atoms with Gasteiger partial charge in [0.2, 0.25) is 0 Å². The molecule has 1 aromatic heterocycles. The minimum Gasteiger partial charge on any atom is -0.497 e. The van der Waals surface area contributed by atoms with Gasteiger partial charge >= 0.3 is 6.18 Å². The first-order chi connectivity index (χ1) is 15.7. The van der Waals surface area contributed by atoms with Crippen molar-refractivity contribution in [3.05, 3.63) is 70.9 Å². The highest BCUT2D eigenvalue weighted by molar-refractivity contribution is 5.99. The molecule has 1 N–H and O–H groups in total. The van der Waals surface area contributed by atoms with Crippen LogP contribution in [0.5, 0.6) is 5.75 Å². The highest BCUT2D eigenvalue weighted by Crippen LogP contribution is 2.30. The van der Waals surface area contributed by atoms with Crippen LogP contribution in [0.4, 0.5) is 13.2 Å². The van der Waals surface area contributed by atoms with Crippen LogP contribution in [0, 0.1) is 6.92 Å². The van der Waals surface area contributed by atoms with Gasteiger partial charge in [-0.05, 0) is 49.6 Å². The summed E-state index contributed by atoms with van der Waals surface area (Å²) in [4.78, 5) is 19.6. The number of methoxy groups -OCH3 is 1. The molecular weight excluding hydrogens is 431 g/mol. The van der Waals surface area contributed by atoms with Crippen molar-refractivity contribution in [2.24, 2.45) is 0 Å². The van der Waals surface area contributed by atoms with Gasteiger partial charge < -0.3 is 10.1 Å². The molecule has 174 valence electrons. The smallest absolute Gasteiger partial charge is 0.416 e. The first kappa shape index (κ1) is 23.0. The molecule has 2 aromatic carbocycles. The molecule has 0 atom stereocenters. The lowest BCUT2D eigenvalue weighted by molar-refractivity contribution is -0.137. The number of aryl methyl sites for hydroxylation is 1. The molecule has 0 unspecified atom stereocenters. The second kappa shape index (κ2) is 9.39. The van der Waals surface area contributed by atoms with Crippen LogP contribution in [0.15, 0.2) is 48.5 Å². The monoisotopic (exact) mass is 457 g/mol. The third-order valence-corrected chi connectivity index (χ3v) is 6.04. The summed E-state index contributed by atoms with van der Waals surface area (Å²) in [6, 6.07) is 12.9. The zero-order valence-electron chi connectivity index (χ0n) is 18.6. The van der Waals surface area contributed by atoms with Crippen LogP contribution in [-0.4, -0.2) is 42.0 Å². The number of hydrogen-bond acceptors (Lipinski definition) is 4. The number of halogens is 3. The fourth-order valence-corrected chi connectivity index (χ4v) is 4.20. The van der Waals surface area contributed by atoms with Gasteiger partial charge in [-0.3, -0.25) is 14.7 Å². The highest BCUT2D eigenvalue weighted by atomic mass is 19.4. The molecule has 0 aliphatic carbocycles. The summed E-state index contributed by atoms with van der Waals surface area (Å²) in [7, 11) is 1.60. The Morgan fingerprint density at radius 1 is 1.15 bits per heavy atom. The molecule has 0 spiro atoms. The van der Waals surface area contributed by atoms with Crippen LogP contribution >= 0.6 is 0 Å². The maximum Gasteiger partial charge on any atom is 0.416 e. The van der Waals surface area contributed by atoms with Gasteiger partial charge in [0.05, 0.1) is 29.4 Å². The van der Waals surface area contributed by atoms with E-state index in [2.05, 4.69) is 15.2 Å². The van der Waals surface area contributed by atoms with E-state index in [9.17, 15) is 18.0 Å².